The van der Waals surface area contributed by atoms with Gasteiger partial charge in [-0.3, -0.25) is 9.69 Å². The topological polar surface area (TPSA) is 87.2 Å². The molecule has 186 valence electrons. The number of carbonyl (C=O) groups is 1. The predicted molar refractivity (Wildman–Crippen MR) is 144 cm³/mol. The first kappa shape index (κ1) is 27.7. The van der Waals surface area contributed by atoms with Gasteiger partial charge in [-0.15, -0.1) is 24.0 Å². The molecule has 33 heavy (non-hydrogen) atoms. The van der Waals surface area contributed by atoms with E-state index in [-0.39, 0.29) is 54.2 Å². The van der Waals surface area contributed by atoms with Crippen molar-refractivity contribution >= 4 is 41.5 Å². The summed E-state index contributed by atoms with van der Waals surface area (Å²) in [6.45, 7) is 13.4. The van der Waals surface area contributed by atoms with Crippen LogP contribution in [-0.4, -0.2) is 73.3 Å². The van der Waals surface area contributed by atoms with Crippen LogP contribution in [0.4, 0.5) is 5.69 Å². The smallest absolute Gasteiger partial charge is 0.242 e. The minimum absolute atomic E-state index is 0. The first-order valence-electron chi connectivity index (χ1n) is 11.7. The van der Waals surface area contributed by atoms with Crippen LogP contribution in [0.1, 0.15) is 47.5 Å². The van der Waals surface area contributed by atoms with Gasteiger partial charge in [-0.05, 0) is 78.3 Å². The van der Waals surface area contributed by atoms with Crippen molar-refractivity contribution in [2.24, 2.45) is 4.99 Å². The van der Waals surface area contributed by atoms with E-state index < -0.39 is 0 Å². The van der Waals surface area contributed by atoms with Crippen molar-refractivity contribution in [3.05, 3.63) is 24.3 Å². The molecule has 0 radical (unpaired) electrons. The largest absolute Gasteiger partial charge is 0.491 e. The Labute approximate surface area is 215 Å². The van der Waals surface area contributed by atoms with Gasteiger partial charge in [0.05, 0.1) is 18.8 Å². The minimum atomic E-state index is -0.290. The molecule has 0 aromatic heterocycles. The summed E-state index contributed by atoms with van der Waals surface area (Å²) in [5, 5.41) is 9.60. The molecule has 0 bridgehead atoms. The lowest BCUT2D eigenvalue weighted by Crippen LogP contribution is -2.50. The molecule has 2 heterocycles. The molecular formula is C24H40IN5O3. The van der Waals surface area contributed by atoms with Gasteiger partial charge >= 0.3 is 0 Å². The molecule has 2 saturated heterocycles. The number of benzene rings is 1. The number of halogens is 1. The Balaban J connectivity index is 0.00000385. The highest BCUT2D eigenvalue weighted by atomic mass is 127. The molecular weight excluding hydrogens is 533 g/mol. The molecule has 2 atom stereocenters. The normalized spacial score (nSPS) is 21.2. The summed E-state index contributed by atoms with van der Waals surface area (Å²) in [7, 11) is 0. The summed E-state index contributed by atoms with van der Waals surface area (Å²) in [4.78, 5) is 19.3. The van der Waals surface area contributed by atoms with E-state index in [2.05, 4.69) is 25.8 Å². The van der Waals surface area contributed by atoms with Gasteiger partial charge in [-0.25, -0.2) is 4.99 Å². The van der Waals surface area contributed by atoms with Crippen molar-refractivity contribution in [2.45, 2.75) is 71.2 Å². The standard InChI is InChI=1S/C24H39N5O3.HI/c1-17(2)32-20-10-8-18(9-11-20)27-23(26-14-22(30)28-24(3,4)5)25-13-21-15-29-12-6-7-19(29)16-31-21;/h8-11,17,19,21H,6-7,12-16H2,1-5H3,(H,28,30)(H2,25,26,27);1H. The molecule has 2 fully saturated rings. The molecule has 1 amide bonds. The van der Waals surface area contributed by atoms with E-state index in [9.17, 15) is 4.79 Å². The van der Waals surface area contributed by atoms with Crippen LogP contribution in [0.2, 0.25) is 0 Å². The van der Waals surface area contributed by atoms with Crippen LogP contribution in [0.5, 0.6) is 5.75 Å². The number of aliphatic imine (C=N–C) groups is 1. The second kappa shape index (κ2) is 12.8. The molecule has 2 aliphatic heterocycles. The number of nitrogens with zero attached hydrogens (tertiary/aromatic N) is 2. The van der Waals surface area contributed by atoms with E-state index in [0.717, 1.165) is 31.1 Å². The number of amides is 1. The number of guanidine groups is 1. The fraction of sp³-hybridized carbons (Fsp3) is 0.667. The van der Waals surface area contributed by atoms with E-state index in [1.807, 2.05) is 58.9 Å². The monoisotopic (exact) mass is 573 g/mol. The van der Waals surface area contributed by atoms with Crippen molar-refractivity contribution in [1.29, 1.82) is 0 Å². The number of ether oxygens (including phenoxy) is 2. The van der Waals surface area contributed by atoms with Crippen molar-refractivity contribution in [3.8, 4) is 5.75 Å². The number of nitrogens with one attached hydrogen (secondary N) is 3. The van der Waals surface area contributed by atoms with E-state index in [4.69, 9.17) is 9.47 Å². The highest BCUT2D eigenvalue weighted by Crippen LogP contribution is 2.22. The summed E-state index contributed by atoms with van der Waals surface area (Å²) >= 11 is 0. The summed E-state index contributed by atoms with van der Waals surface area (Å²) in [6.07, 6.45) is 2.71. The maximum atomic E-state index is 12.3. The van der Waals surface area contributed by atoms with Crippen molar-refractivity contribution in [3.63, 3.8) is 0 Å². The Morgan fingerprint density at radius 2 is 2.00 bits per heavy atom. The third kappa shape index (κ3) is 9.66. The van der Waals surface area contributed by atoms with Gasteiger partial charge in [0.2, 0.25) is 5.91 Å². The minimum Gasteiger partial charge on any atom is -0.491 e. The molecule has 2 aliphatic rings. The van der Waals surface area contributed by atoms with E-state index >= 15 is 0 Å². The molecule has 3 rings (SSSR count). The number of anilines is 1. The number of hydrogen-bond donors (Lipinski definition) is 3. The van der Waals surface area contributed by atoms with Crippen molar-refractivity contribution < 1.29 is 14.3 Å². The van der Waals surface area contributed by atoms with Gasteiger partial charge in [-0.2, -0.15) is 0 Å². The van der Waals surface area contributed by atoms with Gasteiger partial charge in [0, 0.05) is 30.4 Å². The summed E-state index contributed by atoms with van der Waals surface area (Å²) < 4.78 is 11.8. The number of morpholine rings is 1. The van der Waals surface area contributed by atoms with E-state index in [1.54, 1.807) is 0 Å². The quantitative estimate of drug-likeness (QED) is 0.264. The number of hydrogen-bond acceptors (Lipinski definition) is 5. The lowest BCUT2D eigenvalue weighted by Gasteiger charge is -2.35. The molecule has 9 heteroatoms. The number of fused-ring (bicyclic) bond motifs is 1. The third-order valence-electron chi connectivity index (χ3n) is 5.34. The zero-order chi connectivity index (χ0) is 23.1. The second-order valence-electron chi connectivity index (χ2n) is 9.91. The zero-order valence-electron chi connectivity index (χ0n) is 20.5. The van der Waals surface area contributed by atoms with Gasteiger partial charge < -0.3 is 25.4 Å². The fourth-order valence-corrected chi connectivity index (χ4v) is 3.99. The molecule has 1 aromatic carbocycles. The van der Waals surface area contributed by atoms with Crippen LogP contribution in [0.15, 0.2) is 29.3 Å². The van der Waals surface area contributed by atoms with Crippen molar-refractivity contribution in [1.82, 2.24) is 15.5 Å². The highest BCUT2D eigenvalue weighted by molar-refractivity contribution is 14.0. The zero-order valence-corrected chi connectivity index (χ0v) is 22.8. The molecule has 0 aliphatic carbocycles. The molecule has 0 saturated carbocycles. The van der Waals surface area contributed by atoms with Crippen LogP contribution >= 0.6 is 24.0 Å². The molecule has 3 N–H and O–H groups in total. The van der Waals surface area contributed by atoms with Gasteiger partial charge in [-0.1, -0.05) is 0 Å². The predicted octanol–water partition coefficient (Wildman–Crippen LogP) is 3.23. The Morgan fingerprint density at radius 1 is 1.27 bits per heavy atom. The number of rotatable bonds is 7. The molecule has 1 aromatic rings. The van der Waals surface area contributed by atoms with Gasteiger partial charge in [0.15, 0.2) is 5.96 Å². The van der Waals surface area contributed by atoms with Crippen LogP contribution in [0.3, 0.4) is 0 Å². The second-order valence-corrected chi connectivity index (χ2v) is 9.91. The molecule has 0 spiro atoms. The van der Waals surface area contributed by atoms with Gasteiger partial charge in [0.1, 0.15) is 12.3 Å². The maximum Gasteiger partial charge on any atom is 0.242 e. The van der Waals surface area contributed by atoms with Crippen LogP contribution in [0, 0.1) is 0 Å². The van der Waals surface area contributed by atoms with Crippen LogP contribution in [0.25, 0.3) is 0 Å². The first-order valence-corrected chi connectivity index (χ1v) is 11.7. The van der Waals surface area contributed by atoms with Crippen LogP contribution < -0.4 is 20.7 Å². The van der Waals surface area contributed by atoms with Crippen LogP contribution in [-0.2, 0) is 9.53 Å². The lowest BCUT2D eigenvalue weighted by molar-refractivity contribution is -0.121. The third-order valence-corrected chi connectivity index (χ3v) is 5.34. The average Bonchev–Trinajstić information content (AvgIpc) is 3.17. The Bertz CT molecular complexity index is 779. The SMILES string of the molecule is CC(C)Oc1ccc(NC(=NCC(=O)NC(C)(C)C)NCC2CN3CCCC3CO2)cc1.I. The first-order chi connectivity index (χ1) is 15.2. The number of carbonyl (C=O) groups excluding carboxylic acids is 1. The molecule has 2 unspecified atom stereocenters. The summed E-state index contributed by atoms with van der Waals surface area (Å²) in [5.41, 5.74) is 0.579. The summed E-state index contributed by atoms with van der Waals surface area (Å²) in [5.74, 6) is 1.25. The van der Waals surface area contributed by atoms with E-state index in [1.165, 1.54) is 12.8 Å². The Kier molecular flexibility index (Phi) is 10.7. The fourth-order valence-electron chi connectivity index (χ4n) is 3.99. The lowest BCUT2D eigenvalue weighted by atomic mass is 10.1. The maximum absolute atomic E-state index is 12.3. The highest BCUT2D eigenvalue weighted by Gasteiger charge is 2.32. The van der Waals surface area contributed by atoms with Crippen molar-refractivity contribution in [2.75, 3.05) is 38.1 Å². The van der Waals surface area contributed by atoms with Gasteiger partial charge in [0.25, 0.3) is 0 Å². The van der Waals surface area contributed by atoms with E-state index in [0.29, 0.717) is 18.5 Å². The summed E-state index contributed by atoms with van der Waals surface area (Å²) in [6, 6.07) is 8.30. The molecule has 8 nitrogen and oxygen atoms in total. The Morgan fingerprint density at radius 3 is 2.67 bits per heavy atom. The Hall–Kier alpha value is -1.59. The average molecular weight is 574 g/mol.